The molecule has 2 N–H and O–H groups in total. The predicted octanol–water partition coefficient (Wildman–Crippen LogP) is 2.87. The molecule has 0 aromatic heterocycles. The topological polar surface area (TPSA) is 105 Å². The van der Waals surface area contributed by atoms with Crippen LogP contribution in [0.4, 0.5) is 8.78 Å². The number of halogens is 2. The Labute approximate surface area is 209 Å². The van der Waals surface area contributed by atoms with Gasteiger partial charge in [0.15, 0.2) is 0 Å². The lowest BCUT2D eigenvalue weighted by Gasteiger charge is -2.29. The number of rotatable bonds is 11. The van der Waals surface area contributed by atoms with Gasteiger partial charge in [-0.3, -0.25) is 24.5 Å². The Morgan fingerprint density at radius 2 is 1.97 bits per heavy atom. The van der Waals surface area contributed by atoms with Gasteiger partial charge in [0.25, 0.3) is 11.8 Å². The number of amides is 4. The van der Waals surface area contributed by atoms with Crippen molar-refractivity contribution in [3.05, 3.63) is 72.1 Å². The molecular formula is C26H31F2N3O5. The molecule has 10 heteroatoms. The summed E-state index contributed by atoms with van der Waals surface area (Å²) in [6.07, 6.45) is 5.72. The Balaban J connectivity index is 1.90. The first-order valence-electron chi connectivity index (χ1n) is 11.3. The number of alkyl halides is 2. The van der Waals surface area contributed by atoms with E-state index in [-0.39, 0.29) is 54.8 Å². The van der Waals surface area contributed by atoms with Gasteiger partial charge in [-0.25, -0.2) is 0 Å². The number of piperidine rings is 1. The Bertz CT molecular complexity index is 1090. The maximum Gasteiger partial charge on any atom is 0.349 e. The Morgan fingerprint density at radius 3 is 2.58 bits per heavy atom. The van der Waals surface area contributed by atoms with E-state index in [0.29, 0.717) is 5.57 Å². The molecule has 0 aromatic rings. The van der Waals surface area contributed by atoms with E-state index >= 15 is 0 Å². The van der Waals surface area contributed by atoms with Gasteiger partial charge in [-0.2, -0.15) is 8.78 Å². The zero-order chi connectivity index (χ0) is 27.2. The third kappa shape index (κ3) is 7.10. The lowest BCUT2D eigenvalue weighted by Crippen LogP contribution is -2.53. The summed E-state index contributed by atoms with van der Waals surface area (Å²) in [7, 11) is 0. The average molecular weight is 504 g/mol. The molecule has 1 atom stereocenters. The van der Waals surface area contributed by atoms with Crippen molar-refractivity contribution in [2.24, 2.45) is 0 Å². The van der Waals surface area contributed by atoms with Crippen molar-refractivity contribution < 1.29 is 32.7 Å². The maximum absolute atomic E-state index is 14.5. The molecule has 1 unspecified atom stereocenters. The zero-order valence-corrected chi connectivity index (χ0v) is 20.7. The van der Waals surface area contributed by atoms with E-state index in [1.54, 1.807) is 19.9 Å². The fourth-order valence-electron chi connectivity index (χ4n) is 3.45. The van der Waals surface area contributed by atoms with Crippen LogP contribution in [0.2, 0.25) is 0 Å². The van der Waals surface area contributed by atoms with Gasteiger partial charge >= 0.3 is 5.92 Å². The molecule has 8 nitrogen and oxygen atoms in total. The Kier molecular flexibility index (Phi) is 9.27. The largest absolute Gasteiger partial charge is 0.491 e. The Hall–Kier alpha value is -3.82. The van der Waals surface area contributed by atoms with E-state index in [1.807, 2.05) is 0 Å². The highest BCUT2D eigenvalue weighted by atomic mass is 19.3. The SMILES string of the molecule is C=C(/C=C\C1=CCN(C2CCC(=O)NC2=O)C1=O)CNC(=O)C(F)(F)C(=C)/C=C(/C)C(=C)OC(C)C. The first-order chi connectivity index (χ1) is 16.7. The summed E-state index contributed by atoms with van der Waals surface area (Å²) in [5, 5.41) is 4.33. The second kappa shape index (κ2) is 11.7. The van der Waals surface area contributed by atoms with Crippen LogP contribution in [-0.4, -0.2) is 59.7 Å². The summed E-state index contributed by atoms with van der Waals surface area (Å²) in [6, 6.07) is -0.734. The normalized spacial score (nSPS) is 18.9. The number of carbonyl (C=O) groups is 4. The summed E-state index contributed by atoms with van der Waals surface area (Å²) in [4.78, 5) is 49.4. The first kappa shape index (κ1) is 28.4. The number of hydrogen-bond donors (Lipinski definition) is 2. The molecule has 0 saturated carbocycles. The zero-order valence-electron chi connectivity index (χ0n) is 20.7. The summed E-state index contributed by atoms with van der Waals surface area (Å²) in [6.45, 7) is 15.7. The second-order valence-electron chi connectivity index (χ2n) is 8.77. The fraction of sp³-hybridized carbons (Fsp3) is 0.385. The third-order valence-electron chi connectivity index (χ3n) is 5.47. The summed E-state index contributed by atoms with van der Waals surface area (Å²) < 4.78 is 34.4. The van der Waals surface area contributed by atoms with Crippen LogP contribution < -0.4 is 10.6 Å². The molecular weight excluding hydrogens is 472 g/mol. The highest BCUT2D eigenvalue weighted by molar-refractivity contribution is 6.05. The maximum atomic E-state index is 14.5. The van der Waals surface area contributed by atoms with E-state index < -0.39 is 35.3 Å². The lowest BCUT2D eigenvalue weighted by molar-refractivity contribution is -0.142. The number of allylic oxidation sites excluding steroid dienone is 2. The van der Waals surface area contributed by atoms with E-state index in [1.165, 1.54) is 24.0 Å². The number of hydrogen-bond acceptors (Lipinski definition) is 5. The van der Waals surface area contributed by atoms with Crippen LogP contribution in [0.5, 0.6) is 0 Å². The lowest BCUT2D eigenvalue weighted by atomic mass is 10.0. The van der Waals surface area contributed by atoms with Gasteiger partial charge < -0.3 is 15.0 Å². The molecule has 0 radical (unpaired) electrons. The molecule has 0 spiro atoms. The first-order valence-corrected chi connectivity index (χ1v) is 11.3. The van der Waals surface area contributed by atoms with Gasteiger partial charge in [-0.1, -0.05) is 31.9 Å². The summed E-state index contributed by atoms with van der Waals surface area (Å²) >= 11 is 0. The van der Waals surface area contributed by atoms with Crippen LogP contribution in [-0.2, 0) is 23.9 Å². The van der Waals surface area contributed by atoms with Crippen LogP contribution >= 0.6 is 0 Å². The molecule has 1 fully saturated rings. The van der Waals surface area contributed by atoms with Crippen molar-refractivity contribution in [3.8, 4) is 0 Å². The molecule has 4 amide bonds. The third-order valence-corrected chi connectivity index (χ3v) is 5.47. The smallest absolute Gasteiger partial charge is 0.349 e. The summed E-state index contributed by atoms with van der Waals surface area (Å²) in [5.41, 5.74) is 0.149. The minimum Gasteiger partial charge on any atom is -0.491 e. The van der Waals surface area contributed by atoms with Crippen LogP contribution in [0.25, 0.3) is 0 Å². The molecule has 194 valence electrons. The van der Waals surface area contributed by atoms with Gasteiger partial charge in [-0.15, -0.1) is 0 Å². The van der Waals surface area contributed by atoms with Gasteiger partial charge in [0.1, 0.15) is 11.8 Å². The predicted molar refractivity (Wildman–Crippen MR) is 130 cm³/mol. The fourth-order valence-corrected chi connectivity index (χ4v) is 3.45. The van der Waals surface area contributed by atoms with Crippen molar-refractivity contribution in [1.82, 2.24) is 15.5 Å². The van der Waals surface area contributed by atoms with Crippen LogP contribution in [0, 0.1) is 0 Å². The van der Waals surface area contributed by atoms with Gasteiger partial charge in [-0.05, 0) is 50.5 Å². The number of carbonyl (C=O) groups excluding carboxylic acids is 4. The average Bonchev–Trinajstić information content (AvgIpc) is 3.15. The molecule has 0 bridgehead atoms. The molecule has 2 aliphatic heterocycles. The Morgan fingerprint density at radius 1 is 1.31 bits per heavy atom. The van der Waals surface area contributed by atoms with Crippen molar-refractivity contribution in [2.75, 3.05) is 13.1 Å². The summed E-state index contributed by atoms with van der Waals surface area (Å²) in [5.74, 6) is -6.52. The van der Waals surface area contributed by atoms with Gasteiger partial charge in [0.2, 0.25) is 11.8 Å². The quantitative estimate of drug-likeness (QED) is 0.256. The monoisotopic (exact) mass is 503 g/mol. The number of nitrogens with one attached hydrogen (secondary N) is 2. The van der Waals surface area contributed by atoms with E-state index in [0.717, 1.165) is 6.08 Å². The molecule has 36 heavy (non-hydrogen) atoms. The molecule has 0 aromatic carbocycles. The van der Waals surface area contributed by atoms with E-state index in [4.69, 9.17) is 4.74 Å². The molecule has 0 aliphatic carbocycles. The molecule has 1 saturated heterocycles. The molecule has 2 rings (SSSR count). The van der Waals surface area contributed by atoms with Crippen molar-refractivity contribution in [3.63, 3.8) is 0 Å². The van der Waals surface area contributed by atoms with Crippen molar-refractivity contribution in [2.45, 2.75) is 51.7 Å². The standard InChI is InChI=1S/C26H31F2N3O5/c1-15(2)36-19(6)17(4)13-18(5)26(27,28)25(35)29-14-16(3)7-8-20-11-12-31(24(20)34)21-9-10-22(32)30-23(21)33/h7-8,11,13,15,21H,3,5-6,9-10,12,14H2,1-2,4H3,(H,29,35)(H,30,32,33)/b8-7-,17-13-. The number of nitrogens with zero attached hydrogens (tertiary/aromatic N) is 1. The molecule has 2 aliphatic rings. The highest BCUT2D eigenvalue weighted by Crippen LogP contribution is 2.27. The second-order valence-corrected chi connectivity index (χ2v) is 8.77. The van der Waals surface area contributed by atoms with Crippen LogP contribution in [0.1, 0.15) is 33.6 Å². The van der Waals surface area contributed by atoms with Crippen LogP contribution in [0.3, 0.4) is 0 Å². The van der Waals surface area contributed by atoms with Gasteiger partial charge in [0, 0.05) is 30.7 Å². The van der Waals surface area contributed by atoms with Crippen LogP contribution in [0.15, 0.2) is 72.1 Å². The van der Waals surface area contributed by atoms with Gasteiger partial charge in [0.05, 0.1) is 6.10 Å². The minimum atomic E-state index is -3.88. The highest BCUT2D eigenvalue weighted by Gasteiger charge is 2.41. The van der Waals surface area contributed by atoms with Crippen molar-refractivity contribution in [1.29, 1.82) is 0 Å². The number of imide groups is 1. The minimum absolute atomic E-state index is 0.148. The van der Waals surface area contributed by atoms with E-state index in [2.05, 4.69) is 30.4 Å². The molecule has 2 heterocycles. The number of ether oxygens (including phenoxy) is 1. The van der Waals surface area contributed by atoms with Crippen molar-refractivity contribution >= 4 is 23.6 Å². The van der Waals surface area contributed by atoms with E-state index in [9.17, 15) is 28.0 Å².